The SMILES string of the molecule is COC(=O)CCCC(CCC1CC[C@H](OC2CCCCO2)[C@H]1CO)OC(C)=O. The van der Waals surface area contributed by atoms with Crippen LogP contribution in [0.2, 0.25) is 0 Å². The van der Waals surface area contributed by atoms with Gasteiger partial charge >= 0.3 is 11.9 Å². The second-order valence-electron chi connectivity index (χ2n) is 7.93. The number of rotatable bonds is 11. The molecule has 0 aromatic rings. The summed E-state index contributed by atoms with van der Waals surface area (Å²) in [7, 11) is 1.37. The molecule has 5 atom stereocenters. The molecule has 0 aromatic heterocycles. The first-order valence-corrected chi connectivity index (χ1v) is 10.7. The van der Waals surface area contributed by atoms with Crippen LogP contribution in [-0.2, 0) is 28.5 Å². The van der Waals surface area contributed by atoms with Crippen LogP contribution in [0.4, 0.5) is 0 Å². The molecule has 2 aliphatic rings. The summed E-state index contributed by atoms with van der Waals surface area (Å²) in [4.78, 5) is 22.7. The number of carbonyl (C=O) groups excluding carboxylic acids is 2. The first kappa shape index (κ1) is 23.1. The number of ether oxygens (including phenoxy) is 4. The molecule has 0 bridgehead atoms. The van der Waals surface area contributed by atoms with Crippen LogP contribution in [-0.4, -0.2) is 55.9 Å². The van der Waals surface area contributed by atoms with Crippen molar-refractivity contribution >= 4 is 11.9 Å². The van der Waals surface area contributed by atoms with Crippen LogP contribution in [0, 0.1) is 11.8 Å². The predicted octanol–water partition coefficient (Wildman–Crippen LogP) is 2.97. The molecule has 2 fully saturated rings. The molecule has 162 valence electrons. The lowest BCUT2D eigenvalue weighted by molar-refractivity contribution is -0.198. The zero-order valence-electron chi connectivity index (χ0n) is 17.3. The van der Waals surface area contributed by atoms with E-state index in [0.717, 1.165) is 51.6 Å². The Hall–Kier alpha value is -1.18. The van der Waals surface area contributed by atoms with Crippen molar-refractivity contribution < 1.29 is 33.6 Å². The molecule has 1 saturated carbocycles. The molecule has 0 amide bonds. The lowest BCUT2D eigenvalue weighted by atomic mass is 9.89. The fourth-order valence-corrected chi connectivity index (χ4v) is 4.39. The largest absolute Gasteiger partial charge is 0.469 e. The highest BCUT2D eigenvalue weighted by Crippen LogP contribution is 2.38. The van der Waals surface area contributed by atoms with E-state index in [2.05, 4.69) is 4.74 Å². The third-order valence-corrected chi connectivity index (χ3v) is 5.91. The number of aliphatic hydroxyl groups excluding tert-OH is 1. The summed E-state index contributed by atoms with van der Waals surface area (Å²) in [5.41, 5.74) is 0. The van der Waals surface area contributed by atoms with Crippen molar-refractivity contribution in [3.8, 4) is 0 Å². The van der Waals surface area contributed by atoms with Crippen molar-refractivity contribution in [3.63, 3.8) is 0 Å². The number of methoxy groups -OCH3 is 1. The zero-order valence-corrected chi connectivity index (χ0v) is 17.3. The number of esters is 2. The van der Waals surface area contributed by atoms with E-state index >= 15 is 0 Å². The lowest BCUT2D eigenvalue weighted by Crippen LogP contribution is -2.33. The molecule has 0 radical (unpaired) electrons. The van der Waals surface area contributed by atoms with E-state index in [1.807, 2.05) is 0 Å². The smallest absolute Gasteiger partial charge is 0.305 e. The highest BCUT2D eigenvalue weighted by molar-refractivity contribution is 5.69. The summed E-state index contributed by atoms with van der Waals surface area (Å²) in [5, 5.41) is 9.92. The minimum Gasteiger partial charge on any atom is -0.469 e. The molecular formula is C21H36O7. The summed E-state index contributed by atoms with van der Waals surface area (Å²) in [6.45, 7) is 2.26. The minimum atomic E-state index is -0.302. The predicted molar refractivity (Wildman–Crippen MR) is 102 cm³/mol. The van der Waals surface area contributed by atoms with E-state index in [9.17, 15) is 14.7 Å². The van der Waals surface area contributed by atoms with Gasteiger partial charge in [-0.25, -0.2) is 0 Å². The van der Waals surface area contributed by atoms with Crippen LogP contribution < -0.4 is 0 Å². The second-order valence-corrected chi connectivity index (χ2v) is 7.93. The maximum atomic E-state index is 11.4. The molecule has 7 nitrogen and oxygen atoms in total. The number of carbonyl (C=O) groups is 2. The maximum Gasteiger partial charge on any atom is 0.305 e. The summed E-state index contributed by atoms with van der Waals surface area (Å²) < 4.78 is 21.9. The highest BCUT2D eigenvalue weighted by atomic mass is 16.7. The van der Waals surface area contributed by atoms with Gasteiger partial charge in [-0.1, -0.05) is 0 Å². The minimum absolute atomic E-state index is 0.0320. The van der Waals surface area contributed by atoms with E-state index in [0.29, 0.717) is 25.2 Å². The van der Waals surface area contributed by atoms with E-state index in [1.54, 1.807) is 0 Å². The van der Waals surface area contributed by atoms with Crippen molar-refractivity contribution in [3.05, 3.63) is 0 Å². The molecule has 1 saturated heterocycles. The summed E-state index contributed by atoms with van der Waals surface area (Å²) in [6.07, 6.45) is 7.94. The Bertz CT molecular complexity index is 475. The van der Waals surface area contributed by atoms with Gasteiger partial charge in [0.25, 0.3) is 0 Å². The molecular weight excluding hydrogens is 364 g/mol. The van der Waals surface area contributed by atoms with Gasteiger partial charge in [-0.05, 0) is 63.7 Å². The third kappa shape index (κ3) is 7.68. The third-order valence-electron chi connectivity index (χ3n) is 5.91. The molecule has 7 heteroatoms. The Morgan fingerprint density at radius 3 is 2.64 bits per heavy atom. The Kier molecular flexibility index (Phi) is 10.2. The van der Waals surface area contributed by atoms with Crippen LogP contribution in [0.15, 0.2) is 0 Å². The summed E-state index contributed by atoms with van der Waals surface area (Å²) >= 11 is 0. The van der Waals surface area contributed by atoms with Gasteiger partial charge in [-0.2, -0.15) is 0 Å². The van der Waals surface area contributed by atoms with Gasteiger partial charge in [-0.15, -0.1) is 0 Å². The van der Waals surface area contributed by atoms with Crippen LogP contribution >= 0.6 is 0 Å². The molecule has 1 aliphatic carbocycles. The maximum absolute atomic E-state index is 11.4. The average Bonchev–Trinajstić information content (AvgIpc) is 3.07. The van der Waals surface area contributed by atoms with E-state index in [4.69, 9.17) is 14.2 Å². The van der Waals surface area contributed by atoms with E-state index in [-0.39, 0.29) is 43.0 Å². The molecule has 28 heavy (non-hydrogen) atoms. The van der Waals surface area contributed by atoms with Gasteiger partial charge in [0.1, 0.15) is 6.10 Å². The summed E-state index contributed by atoms with van der Waals surface area (Å²) in [5.74, 6) is -0.109. The lowest BCUT2D eigenvalue weighted by Gasteiger charge is -2.30. The molecule has 1 aliphatic heterocycles. The Labute approximate surface area is 168 Å². The van der Waals surface area contributed by atoms with Gasteiger partial charge in [0.2, 0.25) is 0 Å². The zero-order chi connectivity index (χ0) is 20.4. The molecule has 3 unspecified atom stereocenters. The van der Waals surface area contributed by atoms with Crippen molar-refractivity contribution in [1.82, 2.24) is 0 Å². The van der Waals surface area contributed by atoms with Gasteiger partial charge in [-0.3, -0.25) is 9.59 Å². The van der Waals surface area contributed by atoms with Crippen LogP contribution in [0.1, 0.15) is 71.1 Å². The van der Waals surface area contributed by atoms with Gasteiger partial charge in [0.05, 0.1) is 13.2 Å². The number of hydrogen-bond donors (Lipinski definition) is 1. The van der Waals surface area contributed by atoms with E-state index in [1.165, 1.54) is 14.0 Å². The molecule has 0 spiro atoms. The van der Waals surface area contributed by atoms with Gasteiger partial charge in [0, 0.05) is 32.5 Å². The molecule has 0 aromatic carbocycles. The van der Waals surface area contributed by atoms with E-state index < -0.39 is 0 Å². The Balaban J connectivity index is 1.79. The first-order valence-electron chi connectivity index (χ1n) is 10.7. The van der Waals surface area contributed by atoms with Crippen LogP contribution in [0.3, 0.4) is 0 Å². The summed E-state index contributed by atoms with van der Waals surface area (Å²) in [6, 6.07) is 0. The Morgan fingerprint density at radius 1 is 1.18 bits per heavy atom. The first-order chi connectivity index (χ1) is 13.5. The van der Waals surface area contributed by atoms with Gasteiger partial charge in [0.15, 0.2) is 6.29 Å². The molecule has 1 heterocycles. The standard InChI is InChI=1S/C21H36O7/c1-15(23)27-17(6-5-7-20(24)25-2)11-9-16-10-12-19(18(16)14-22)28-21-8-3-4-13-26-21/h16-19,21-22H,3-14H2,1-2H3/t16?,17?,18-,19-,21?/m0/s1. The highest BCUT2D eigenvalue weighted by Gasteiger charge is 2.38. The second kappa shape index (κ2) is 12.4. The van der Waals surface area contributed by atoms with Crippen molar-refractivity contribution in [2.75, 3.05) is 20.3 Å². The molecule has 1 N–H and O–H groups in total. The van der Waals surface area contributed by atoms with Crippen LogP contribution in [0.25, 0.3) is 0 Å². The normalized spacial score (nSPS) is 28.7. The fourth-order valence-electron chi connectivity index (χ4n) is 4.39. The number of aliphatic hydroxyl groups is 1. The molecule has 2 rings (SSSR count). The van der Waals surface area contributed by atoms with Gasteiger partial charge < -0.3 is 24.1 Å². The Morgan fingerprint density at radius 2 is 2.00 bits per heavy atom. The topological polar surface area (TPSA) is 91.3 Å². The monoisotopic (exact) mass is 400 g/mol. The van der Waals surface area contributed by atoms with Crippen molar-refractivity contribution in [2.24, 2.45) is 11.8 Å². The average molecular weight is 401 g/mol. The fraction of sp³-hybridized carbons (Fsp3) is 0.905. The quantitative estimate of drug-likeness (QED) is 0.533. The van der Waals surface area contributed by atoms with Crippen molar-refractivity contribution in [2.45, 2.75) is 89.6 Å². The number of hydrogen-bond acceptors (Lipinski definition) is 7. The van der Waals surface area contributed by atoms with Crippen molar-refractivity contribution in [1.29, 1.82) is 0 Å². The van der Waals surface area contributed by atoms with Crippen LogP contribution in [0.5, 0.6) is 0 Å².